The van der Waals surface area contributed by atoms with Crippen LogP contribution in [0.1, 0.15) is 22.3 Å². The lowest BCUT2D eigenvalue weighted by molar-refractivity contribution is 0.438. The summed E-state index contributed by atoms with van der Waals surface area (Å²) in [6.45, 7) is 0. The fraction of sp³-hybridized carbons (Fsp3) is 0.0238. The number of nitrogens with zero attached hydrogens (tertiary/aromatic N) is 1. The molecule has 2 heteroatoms. The standard InChI is InChI=1S/C42H27NO/c1-3-14-28(15-4-1)38-26-30(27-39(43-38)29-16-5-2-6-17-29)31-20-13-24-37-41(31)44-40-25-12-11-23-36(40)42(37)34-21-9-7-18-32(34)33-19-8-10-22-35(33)42/h1-27H. The van der Waals surface area contributed by atoms with E-state index in [1.807, 2.05) is 12.1 Å². The molecule has 1 aliphatic heterocycles. The van der Waals surface area contributed by atoms with Crippen molar-refractivity contribution in [2.75, 3.05) is 0 Å². The van der Waals surface area contributed by atoms with Crippen LogP contribution in [0, 0.1) is 0 Å². The van der Waals surface area contributed by atoms with Crippen LogP contribution in [0.2, 0.25) is 0 Å². The van der Waals surface area contributed by atoms with Gasteiger partial charge in [0.2, 0.25) is 0 Å². The molecule has 0 saturated carbocycles. The van der Waals surface area contributed by atoms with Crippen molar-refractivity contribution >= 4 is 0 Å². The van der Waals surface area contributed by atoms with Gasteiger partial charge in [-0.2, -0.15) is 0 Å². The predicted octanol–water partition coefficient (Wildman–Crippen LogP) is 10.6. The molecule has 7 aromatic rings. The molecule has 0 atom stereocenters. The summed E-state index contributed by atoms with van der Waals surface area (Å²) in [5.74, 6) is 1.78. The van der Waals surface area contributed by atoms with E-state index in [0.29, 0.717) is 0 Å². The van der Waals surface area contributed by atoms with Crippen molar-refractivity contribution in [3.8, 4) is 56.3 Å². The number of fused-ring (bicyclic) bond motifs is 9. The summed E-state index contributed by atoms with van der Waals surface area (Å²) < 4.78 is 6.95. The third kappa shape index (κ3) is 3.52. The second-order valence-corrected chi connectivity index (χ2v) is 11.5. The van der Waals surface area contributed by atoms with Crippen LogP contribution >= 0.6 is 0 Å². The fourth-order valence-corrected chi connectivity index (χ4v) is 7.31. The van der Waals surface area contributed by atoms with E-state index < -0.39 is 5.41 Å². The number of rotatable bonds is 3. The quantitative estimate of drug-likeness (QED) is 0.214. The second-order valence-electron chi connectivity index (χ2n) is 11.5. The van der Waals surface area contributed by atoms with Gasteiger partial charge in [0.15, 0.2) is 0 Å². The minimum atomic E-state index is -0.495. The smallest absolute Gasteiger partial charge is 0.140 e. The summed E-state index contributed by atoms with van der Waals surface area (Å²) in [5.41, 5.74) is 13.1. The lowest BCUT2D eigenvalue weighted by Gasteiger charge is -2.40. The van der Waals surface area contributed by atoms with Crippen molar-refractivity contribution in [3.05, 3.63) is 186 Å². The molecular weight excluding hydrogens is 534 g/mol. The Balaban J connectivity index is 1.35. The van der Waals surface area contributed by atoms with Crippen LogP contribution in [-0.4, -0.2) is 4.98 Å². The maximum atomic E-state index is 6.95. The van der Waals surface area contributed by atoms with Crippen molar-refractivity contribution in [3.63, 3.8) is 0 Å². The van der Waals surface area contributed by atoms with Crippen molar-refractivity contribution in [1.29, 1.82) is 0 Å². The van der Waals surface area contributed by atoms with E-state index >= 15 is 0 Å². The maximum Gasteiger partial charge on any atom is 0.140 e. The number of hydrogen-bond acceptors (Lipinski definition) is 2. The van der Waals surface area contributed by atoms with Crippen LogP contribution in [0.3, 0.4) is 0 Å². The monoisotopic (exact) mass is 561 g/mol. The van der Waals surface area contributed by atoms with E-state index in [-0.39, 0.29) is 0 Å². The molecule has 2 aliphatic rings. The first-order chi connectivity index (χ1) is 21.8. The fourth-order valence-electron chi connectivity index (χ4n) is 7.31. The second kappa shape index (κ2) is 9.65. The van der Waals surface area contributed by atoms with E-state index in [1.54, 1.807) is 0 Å². The Hall–Kier alpha value is -5.73. The lowest BCUT2D eigenvalue weighted by atomic mass is 9.65. The molecule has 2 heterocycles. The Bertz CT molecular complexity index is 2100. The summed E-state index contributed by atoms with van der Waals surface area (Å²) in [4.78, 5) is 5.14. The molecule has 1 aromatic heterocycles. The third-order valence-corrected chi connectivity index (χ3v) is 9.15. The minimum Gasteiger partial charge on any atom is -0.456 e. The van der Waals surface area contributed by atoms with Gasteiger partial charge in [0.25, 0.3) is 0 Å². The predicted molar refractivity (Wildman–Crippen MR) is 178 cm³/mol. The van der Waals surface area contributed by atoms with E-state index in [2.05, 4.69) is 152 Å². The van der Waals surface area contributed by atoms with Crippen LogP contribution in [0.4, 0.5) is 0 Å². The first-order valence-electron chi connectivity index (χ1n) is 15.1. The van der Waals surface area contributed by atoms with Crippen LogP contribution in [0.15, 0.2) is 164 Å². The molecule has 206 valence electrons. The van der Waals surface area contributed by atoms with Gasteiger partial charge in [-0.25, -0.2) is 4.98 Å². The number of aromatic nitrogens is 1. The minimum absolute atomic E-state index is 0.495. The molecule has 6 aromatic carbocycles. The molecule has 1 spiro atoms. The normalized spacial score (nSPS) is 13.4. The van der Waals surface area contributed by atoms with Crippen LogP contribution in [0.5, 0.6) is 11.5 Å². The Morgan fingerprint density at radius 3 is 1.48 bits per heavy atom. The third-order valence-electron chi connectivity index (χ3n) is 9.15. The van der Waals surface area contributed by atoms with Gasteiger partial charge in [-0.3, -0.25) is 0 Å². The SMILES string of the molecule is c1ccc(-c2cc(-c3cccc4c3Oc3ccccc3C43c4ccccc4-c4ccccc43)cc(-c3ccccc3)n2)cc1. The summed E-state index contributed by atoms with van der Waals surface area (Å²) in [5, 5.41) is 0. The summed E-state index contributed by atoms with van der Waals surface area (Å²) in [6.07, 6.45) is 0. The van der Waals surface area contributed by atoms with Crippen LogP contribution in [0.25, 0.3) is 44.8 Å². The number of pyridine rings is 1. The summed E-state index contributed by atoms with van der Waals surface area (Å²) >= 11 is 0. The van der Waals surface area contributed by atoms with Gasteiger partial charge in [-0.1, -0.05) is 146 Å². The van der Waals surface area contributed by atoms with Gasteiger partial charge >= 0.3 is 0 Å². The molecule has 0 bridgehead atoms. The van der Waals surface area contributed by atoms with E-state index in [1.165, 1.54) is 27.8 Å². The average Bonchev–Trinajstić information content (AvgIpc) is 3.40. The maximum absolute atomic E-state index is 6.95. The van der Waals surface area contributed by atoms with Crippen molar-refractivity contribution in [2.45, 2.75) is 5.41 Å². The molecule has 1 aliphatic carbocycles. The van der Waals surface area contributed by atoms with Crippen LogP contribution < -0.4 is 4.74 Å². The topological polar surface area (TPSA) is 22.1 Å². The Labute approximate surface area is 256 Å². The van der Waals surface area contributed by atoms with Gasteiger partial charge in [-0.15, -0.1) is 0 Å². The molecule has 44 heavy (non-hydrogen) atoms. The highest BCUT2D eigenvalue weighted by Gasteiger charge is 2.51. The molecule has 0 amide bonds. The van der Waals surface area contributed by atoms with E-state index in [0.717, 1.165) is 50.7 Å². The lowest BCUT2D eigenvalue weighted by Crippen LogP contribution is -2.32. The van der Waals surface area contributed by atoms with E-state index in [4.69, 9.17) is 9.72 Å². The van der Waals surface area contributed by atoms with Gasteiger partial charge in [0, 0.05) is 27.8 Å². The number of hydrogen-bond donors (Lipinski definition) is 0. The van der Waals surface area contributed by atoms with Crippen molar-refractivity contribution in [1.82, 2.24) is 4.98 Å². The first-order valence-corrected chi connectivity index (χ1v) is 15.1. The Morgan fingerprint density at radius 1 is 0.386 bits per heavy atom. The van der Waals surface area contributed by atoms with E-state index in [9.17, 15) is 0 Å². The van der Waals surface area contributed by atoms with Gasteiger partial charge in [0.05, 0.1) is 16.8 Å². The van der Waals surface area contributed by atoms with Crippen molar-refractivity contribution in [2.24, 2.45) is 0 Å². The zero-order chi connectivity index (χ0) is 29.1. The molecule has 0 fully saturated rings. The number of para-hydroxylation sites is 2. The molecular formula is C42H27NO. The summed E-state index contributed by atoms with van der Waals surface area (Å²) in [7, 11) is 0. The van der Waals surface area contributed by atoms with Gasteiger partial charge in [0.1, 0.15) is 11.5 Å². The first kappa shape index (κ1) is 24.8. The highest BCUT2D eigenvalue weighted by atomic mass is 16.5. The average molecular weight is 562 g/mol. The summed E-state index contributed by atoms with van der Waals surface area (Å²) in [6, 6.07) is 58.1. The van der Waals surface area contributed by atoms with Crippen molar-refractivity contribution < 1.29 is 4.74 Å². The molecule has 0 unspecified atom stereocenters. The van der Waals surface area contributed by atoms with Gasteiger partial charge in [-0.05, 0) is 46.0 Å². The largest absolute Gasteiger partial charge is 0.456 e. The molecule has 9 rings (SSSR count). The van der Waals surface area contributed by atoms with Gasteiger partial charge < -0.3 is 4.74 Å². The van der Waals surface area contributed by atoms with Crippen LogP contribution in [-0.2, 0) is 5.41 Å². The molecule has 2 nitrogen and oxygen atoms in total. The zero-order valence-electron chi connectivity index (χ0n) is 23.9. The molecule has 0 N–H and O–H groups in total. The zero-order valence-corrected chi connectivity index (χ0v) is 23.9. The molecule has 0 saturated heterocycles. The highest BCUT2D eigenvalue weighted by Crippen LogP contribution is 2.63. The Morgan fingerprint density at radius 2 is 0.864 bits per heavy atom. The Kier molecular flexibility index (Phi) is 5.45. The number of benzene rings is 6. The molecule has 0 radical (unpaired) electrons. The highest BCUT2D eigenvalue weighted by molar-refractivity contribution is 5.91. The number of ether oxygens (including phenoxy) is 1.